The van der Waals surface area contributed by atoms with Crippen LogP contribution < -0.4 is 14.2 Å². The molecule has 2 aliphatic rings. The number of benzene rings is 2. The Kier molecular flexibility index (Phi) is 2.81. The van der Waals surface area contributed by atoms with Crippen molar-refractivity contribution in [3.8, 4) is 34.5 Å². The second kappa shape index (κ2) is 4.69. The van der Waals surface area contributed by atoms with Crippen molar-refractivity contribution in [1.82, 2.24) is 0 Å². The Balaban J connectivity index is 1.56. The summed E-state index contributed by atoms with van der Waals surface area (Å²) in [5.74, 6) is 5.33. The van der Waals surface area contributed by atoms with E-state index in [1.54, 1.807) is 0 Å². The van der Waals surface area contributed by atoms with Crippen molar-refractivity contribution < 1.29 is 14.2 Å². The lowest BCUT2D eigenvalue weighted by Gasteiger charge is -2.02. The zero-order chi connectivity index (χ0) is 14.4. The van der Waals surface area contributed by atoms with E-state index in [-0.39, 0.29) is 0 Å². The van der Waals surface area contributed by atoms with E-state index in [9.17, 15) is 0 Å². The molecule has 3 heteroatoms. The smallest absolute Gasteiger partial charge is 0.212 e. The molecule has 2 aromatic rings. The molecule has 0 atom stereocenters. The first kappa shape index (κ1) is 12.6. The number of hydrogen-bond donors (Lipinski definition) is 0. The Morgan fingerprint density at radius 1 is 0.714 bits per heavy atom. The molecule has 0 amide bonds. The maximum atomic E-state index is 5.96. The Bertz CT molecular complexity index is 657. The standard InChI is InChI=1S/C18H18O3/c1-3-5-11-7-9-13(17-15(11)20-17)19-14-10-8-12(6-4-2)16-18(14)21-16/h7-10H,3-6H2,1-2H3. The van der Waals surface area contributed by atoms with Crippen LogP contribution in [0, 0.1) is 0 Å². The summed E-state index contributed by atoms with van der Waals surface area (Å²) in [4.78, 5) is 0. The molecule has 2 heterocycles. The lowest BCUT2D eigenvalue weighted by Crippen LogP contribution is -1.83. The number of aryl methyl sites for hydroxylation is 2. The van der Waals surface area contributed by atoms with Crippen molar-refractivity contribution in [2.45, 2.75) is 39.5 Å². The molecule has 0 aliphatic carbocycles. The van der Waals surface area contributed by atoms with Gasteiger partial charge in [-0.05, 0) is 36.1 Å². The van der Waals surface area contributed by atoms with Gasteiger partial charge in [0.2, 0.25) is 11.5 Å². The predicted molar refractivity (Wildman–Crippen MR) is 81.1 cm³/mol. The highest BCUT2D eigenvalue weighted by molar-refractivity contribution is 5.71. The van der Waals surface area contributed by atoms with E-state index in [2.05, 4.69) is 26.0 Å². The minimum absolute atomic E-state index is 0.783. The fourth-order valence-electron chi connectivity index (χ4n) is 2.77. The average Bonchev–Trinajstić information content (AvgIpc) is 3.36. The van der Waals surface area contributed by atoms with E-state index in [0.29, 0.717) is 0 Å². The van der Waals surface area contributed by atoms with Crippen LogP contribution in [0.4, 0.5) is 0 Å². The van der Waals surface area contributed by atoms with Gasteiger partial charge in [-0.3, -0.25) is 0 Å². The zero-order valence-electron chi connectivity index (χ0n) is 12.4. The molecule has 0 spiro atoms. The number of rotatable bonds is 6. The Morgan fingerprint density at radius 3 is 1.62 bits per heavy atom. The summed E-state index contributed by atoms with van der Waals surface area (Å²) in [6.07, 6.45) is 4.34. The van der Waals surface area contributed by atoms with Crippen LogP contribution in [0.3, 0.4) is 0 Å². The third-order valence-corrected chi connectivity index (χ3v) is 3.90. The highest BCUT2D eigenvalue weighted by atomic mass is 16.6. The molecular weight excluding hydrogens is 264 g/mol. The van der Waals surface area contributed by atoms with E-state index >= 15 is 0 Å². The molecule has 0 unspecified atom stereocenters. The van der Waals surface area contributed by atoms with Gasteiger partial charge in [0.25, 0.3) is 0 Å². The number of fused-ring (bicyclic) bond motifs is 2. The minimum Gasteiger partial charge on any atom is -0.449 e. The molecule has 0 radical (unpaired) electrons. The molecule has 0 bridgehead atoms. The monoisotopic (exact) mass is 282 g/mol. The summed E-state index contributed by atoms with van der Waals surface area (Å²) in [6, 6.07) is 8.17. The van der Waals surface area contributed by atoms with Crippen LogP contribution in [0.1, 0.15) is 37.8 Å². The summed E-state index contributed by atoms with van der Waals surface area (Å²) in [7, 11) is 0. The van der Waals surface area contributed by atoms with E-state index in [1.165, 1.54) is 11.1 Å². The van der Waals surface area contributed by atoms with Gasteiger partial charge in [0.05, 0.1) is 0 Å². The first-order valence-corrected chi connectivity index (χ1v) is 7.67. The maximum absolute atomic E-state index is 5.96. The van der Waals surface area contributed by atoms with Gasteiger partial charge in [0.15, 0.2) is 23.0 Å². The van der Waals surface area contributed by atoms with Crippen molar-refractivity contribution in [3.05, 3.63) is 35.4 Å². The van der Waals surface area contributed by atoms with Crippen LogP contribution in [-0.2, 0) is 12.8 Å². The molecule has 0 saturated heterocycles. The van der Waals surface area contributed by atoms with Gasteiger partial charge in [0, 0.05) is 0 Å². The highest BCUT2D eigenvalue weighted by Gasteiger charge is 2.33. The molecule has 0 N–H and O–H groups in total. The molecule has 3 nitrogen and oxygen atoms in total. The quantitative estimate of drug-likeness (QED) is 0.432. The fourth-order valence-corrected chi connectivity index (χ4v) is 2.77. The van der Waals surface area contributed by atoms with Crippen molar-refractivity contribution in [2.75, 3.05) is 0 Å². The predicted octanol–water partition coefficient (Wildman–Crippen LogP) is 5.60. The second-order valence-corrected chi connectivity index (χ2v) is 5.57. The van der Waals surface area contributed by atoms with E-state index < -0.39 is 0 Å². The normalized spacial score (nSPS) is 12.9. The topological polar surface area (TPSA) is 34.3 Å². The van der Waals surface area contributed by atoms with Gasteiger partial charge in [-0.2, -0.15) is 0 Å². The van der Waals surface area contributed by atoms with Gasteiger partial charge in [-0.25, -0.2) is 0 Å². The molecule has 4 rings (SSSR count). The van der Waals surface area contributed by atoms with Gasteiger partial charge >= 0.3 is 0 Å². The average molecular weight is 282 g/mol. The largest absolute Gasteiger partial charge is 0.449 e. The SMILES string of the molecule is CCCc1ccc(Oc2ccc(CCC)c3c2O3)c2c1O2. The Labute approximate surface area is 124 Å². The molecule has 108 valence electrons. The van der Waals surface area contributed by atoms with Crippen LogP contribution in [0.25, 0.3) is 0 Å². The van der Waals surface area contributed by atoms with E-state index in [1.807, 2.05) is 12.1 Å². The van der Waals surface area contributed by atoms with Crippen molar-refractivity contribution in [2.24, 2.45) is 0 Å². The van der Waals surface area contributed by atoms with Gasteiger partial charge in [-0.1, -0.05) is 38.8 Å². The molecule has 0 fully saturated rings. The van der Waals surface area contributed by atoms with E-state index in [0.717, 1.165) is 60.2 Å². The summed E-state index contributed by atoms with van der Waals surface area (Å²) < 4.78 is 17.1. The van der Waals surface area contributed by atoms with Gasteiger partial charge in [0.1, 0.15) is 0 Å². The van der Waals surface area contributed by atoms with E-state index in [4.69, 9.17) is 14.2 Å². The maximum Gasteiger partial charge on any atom is 0.212 e. The first-order chi connectivity index (χ1) is 10.3. The van der Waals surface area contributed by atoms with Crippen molar-refractivity contribution in [1.29, 1.82) is 0 Å². The Hall–Kier alpha value is -2.16. The lowest BCUT2D eigenvalue weighted by molar-refractivity contribution is 0.462. The molecular formula is C18H18O3. The summed E-state index contributed by atoms with van der Waals surface area (Å²) in [5, 5.41) is 0. The van der Waals surface area contributed by atoms with Gasteiger partial charge in [-0.15, -0.1) is 0 Å². The van der Waals surface area contributed by atoms with Crippen LogP contribution in [0.2, 0.25) is 0 Å². The number of ether oxygens (including phenoxy) is 3. The molecule has 0 saturated carbocycles. The zero-order valence-corrected chi connectivity index (χ0v) is 12.4. The molecule has 21 heavy (non-hydrogen) atoms. The molecule has 2 aromatic carbocycles. The Morgan fingerprint density at radius 2 is 1.19 bits per heavy atom. The first-order valence-electron chi connectivity index (χ1n) is 7.67. The summed E-state index contributed by atoms with van der Waals surface area (Å²) in [6.45, 7) is 4.34. The summed E-state index contributed by atoms with van der Waals surface area (Å²) in [5.41, 5.74) is 2.54. The third-order valence-electron chi connectivity index (χ3n) is 3.90. The van der Waals surface area contributed by atoms with Crippen LogP contribution in [-0.4, -0.2) is 0 Å². The van der Waals surface area contributed by atoms with Crippen molar-refractivity contribution in [3.63, 3.8) is 0 Å². The van der Waals surface area contributed by atoms with Crippen LogP contribution >= 0.6 is 0 Å². The van der Waals surface area contributed by atoms with Gasteiger partial charge < -0.3 is 14.2 Å². The van der Waals surface area contributed by atoms with Crippen LogP contribution in [0.15, 0.2) is 24.3 Å². The summed E-state index contributed by atoms with van der Waals surface area (Å²) >= 11 is 0. The molecule has 0 aromatic heterocycles. The fraction of sp³-hybridized carbons (Fsp3) is 0.333. The molecule has 2 aliphatic heterocycles. The second-order valence-electron chi connectivity index (χ2n) is 5.57. The lowest BCUT2D eigenvalue weighted by atomic mass is 10.1. The van der Waals surface area contributed by atoms with Crippen LogP contribution in [0.5, 0.6) is 34.5 Å². The van der Waals surface area contributed by atoms with Crippen molar-refractivity contribution >= 4 is 0 Å². The number of hydrogen-bond acceptors (Lipinski definition) is 3. The third kappa shape index (κ3) is 2.13. The highest BCUT2D eigenvalue weighted by Crippen LogP contribution is 2.60. The minimum atomic E-state index is 0.783.